The summed E-state index contributed by atoms with van der Waals surface area (Å²) in [6.45, 7) is 1.51. The van der Waals surface area contributed by atoms with Gasteiger partial charge in [-0.2, -0.15) is 0 Å². The number of aromatic amines is 1. The van der Waals surface area contributed by atoms with Crippen molar-refractivity contribution in [3.63, 3.8) is 0 Å². The van der Waals surface area contributed by atoms with Crippen molar-refractivity contribution in [1.29, 1.82) is 0 Å². The van der Waals surface area contributed by atoms with Crippen LogP contribution < -0.4 is 14.8 Å². The zero-order chi connectivity index (χ0) is 20.6. The molecular weight excluding hydrogens is 376 g/mol. The number of nitrogens with one attached hydrogen (secondary N) is 2. The van der Waals surface area contributed by atoms with Crippen molar-refractivity contribution in [2.24, 2.45) is 0 Å². The Morgan fingerprint density at radius 2 is 1.53 bits per heavy atom. The molecule has 0 fully saturated rings. The Labute approximate surface area is 176 Å². The molecule has 30 heavy (non-hydrogen) atoms. The van der Waals surface area contributed by atoms with E-state index in [0.29, 0.717) is 12.3 Å². The second-order valence-electron chi connectivity index (χ2n) is 7.16. The summed E-state index contributed by atoms with van der Waals surface area (Å²) >= 11 is 0. The van der Waals surface area contributed by atoms with Crippen LogP contribution in [0, 0.1) is 0 Å². The first-order valence-corrected chi connectivity index (χ1v) is 10.2. The zero-order valence-electron chi connectivity index (χ0n) is 16.8. The normalized spacial score (nSPS) is 12.0. The number of H-pyrrole nitrogens is 1. The molecule has 1 atom stereocenters. The van der Waals surface area contributed by atoms with Crippen molar-refractivity contribution in [1.82, 2.24) is 10.3 Å². The molecule has 0 saturated heterocycles. The highest BCUT2D eigenvalue weighted by atomic mass is 16.5. The van der Waals surface area contributed by atoms with E-state index in [0.717, 1.165) is 30.0 Å². The van der Waals surface area contributed by atoms with Crippen molar-refractivity contribution in [3.8, 4) is 17.2 Å². The minimum Gasteiger partial charge on any atom is -0.491 e. The molecule has 4 rings (SSSR count). The Hall–Kier alpha value is -3.28. The number of fused-ring (bicyclic) bond motifs is 1. The topological polar surface area (TPSA) is 66.5 Å². The fraction of sp³-hybridized carbons (Fsp3) is 0.200. The highest BCUT2D eigenvalue weighted by Gasteiger charge is 2.07. The number of hydrogen-bond donors (Lipinski definition) is 3. The Balaban J connectivity index is 1.16. The average Bonchev–Trinajstić information content (AvgIpc) is 3.20. The molecule has 0 spiro atoms. The van der Waals surface area contributed by atoms with Gasteiger partial charge in [-0.15, -0.1) is 0 Å². The number of ether oxygens (including phenoxy) is 2. The lowest BCUT2D eigenvalue weighted by Crippen LogP contribution is -2.32. The molecule has 5 nitrogen and oxygen atoms in total. The summed E-state index contributed by atoms with van der Waals surface area (Å²) in [5.41, 5.74) is 2.43. The smallest absolute Gasteiger partial charge is 0.127 e. The number of aromatic nitrogens is 1. The molecule has 3 aromatic carbocycles. The van der Waals surface area contributed by atoms with Crippen LogP contribution in [0.2, 0.25) is 0 Å². The summed E-state index contributed by atoms with van der Waals surface area (Å²) in [5, 5.41) is 14.7. The van der Waals surface area contributed by atoms with E-state index in [1.165, 1.54) is 10.9 Å². The fourth-order valence-electron chi connectivity index (χ4n) is 3.31. The summed E-state index contributed by atoms with van der Waals surface area (Å²) in [4.78, 5) is 3.29. The maximum Gasteiger partial charge on any atom is 0.127 e. The number of aliphatic hydroxyl groups excluding tert-OH is 1. The summed E-state index contributed by atoms with van der Waals surface area (Å²) in [6.07, 6.45) is 2.38. The maximum atomic E-state index is 10.2. The van der Waals surface area contributed by atoms with Gasteiger partial charge in [0.15, 0.2) is 0 Å². The third-order valence-electron chi connectivity index (χ3n) is 4.87. The molecule has 5 heteroatoms. The van der Waals surface area contributed by atoms with E-state index < -0.39 is 6.10 Å². The van der Waals surface area contributed by atoms with Gasteiger partial charge < -0.3 is 24.9 Å². The van der Waals surface area contributed by atoms with Gasteiger partial charge in [0.05, 0.1) is 0 Å². The first kappa shape index (κ1) is 20.0. The van der Waals surface area contributed by atoms with Crippen LogP contribution in [-0.2, 0) is 6.42 Å². The third kappa shape index (κ3) is 5.41. The molecule has 0 aliphatic heterocycles. The molecule has 0 saturated carbocycles. The van der Waals surface area contributed by atoms with Crippen molar-refractivity contribution >= 4 is 10.9 Å². The molecule has 4 aromatic rings. The van der Waals surface area contributed by atoms with Gasteiger partial charge in [0, 0.05) is 23.6 Å². The molecule has 1 heterocycles. The Kier molecular flexibility index (Phi) is 6.65. The molecule has 0 amide bonds. The number of para-hydroxylation sites is 2. The SMILES string of the molecule is O[C@H](CNCCc1c[nH]c2ccccc12)COc1ccc(Oc2ccccc2)cc1. The van der Waals surface area contributed by atoms with Gasteiger partial charge >= 0.3 is 0 Å². The van der Waals surface area contributed by atoms with E-state index in [2.05, 4.69) is 34.7 Å². The van der Waals surface area contributed by atoms with E-state index in [9.17, 15) is 5.11 Å². The first-order valence-electron chi connectivity index (χ1n) is 10.2. The van der Waals surface area contributed by atoms with Crippen LogP contribution in [0.15, 0.2) is 85.1 Å². The van der Waals surface area contributed by atoms with Gasteiger partial charge in [-0.3, -0.25) is 0 Å². The lowest BCUT2D eigenvalue weighted by atomic mass is 10.1. The molecule has 0 bridgehead atoms. The summed E-state index contributed by atoms with van der Waals surface area (Å²) in [6, 6.07) is 25.3. The molecule has 0 unspecified atom stereocenters. The largest absolute Gasteiger partial charge is 0.491 e. The molecular formula is C25H26N2O3. The lowest BCUT2D eigenvalue weighted by Gasteiger charge is -2.13. The highest BCUT2D eigenvalue weighted by Crippen LogP contribution is 2.23. The Bertz CT molecular complexity index is 1040. The van der Waals surface area contributed by atoms with E-state index in [1.54, 1.807) is 0 Å². The van der Waals surface area contributed by atoms with Gasteiger partial charge in [-0.25, -0.2) is 0 Å². The molecule has 0 radical (unpaired) electrons. The molecule has 3 N–H and O–H groups in total. The van der Waals surface area contributed by atoms with Crippen LogP contribution in [0.3, 0.4) is 0 Å². The van der Waals surface area contributed by atoms with Crippen LogP contribution >= 0.6 is 0 Å². The van der Waals surface area contributed by atoms with Crippen molar-refractivity contribution in [2.75, 3.05) is 19.7 Å². The predicted octanol–water partition coefficient (Wildman–Crippen LogP) is 4.53. The van der Waals surface area contributed by atoms with E-state index in [4.69, 9.17) is 9.47 Å². The van der Waals surface area contributed by atoms with Gasteiger partial charge in [-0.1, -0.05) is 36.4 Å². The summed E-state index contributed by atoms with van der Waals surface area (Å²) < 4.78 is 11.4. The Morgan fingerprint density at radius 1 is 0.833 bits per heavy atom. The standard InChI is InChI=1S/C25H26N2O3/c28-20(17-26-15-14-19-16-27-25-9-5-4-8-24(19)25)18-29-21-10-12-23(13-11-21)30-22-6-2-1-3-7-22/h1-13,16,20,26-28H,14-15,17-18H2/t20-/m1/s1. The van der Waals surface area contributed by atoms with E-state index in [-0.39, 0.29) is 6.61 Å². The van der Waals surface area contributed by atoms with Crippen molar-refractivity contribution < 1.29 is 14.6 Å². The van der Waals surface area contributed by atoms with Crippen LogP contribution in [0.4, 0.5) is 0 Å². The van der Waals surface area contributed by atoms with Crippen LogP contribution in [0.1, 0.15) is 5.56 Å². The molecule has 1 aromatic heterocycles. The lowest BCUT2D eigenvalue weighted by molar-refractivity contribution is 0.106. The van der Waals surface area contributed by atoms with Gasteiger partial charge in [-0.05, 0) is 61.0 Å². The highest BCUT2D eigenvalue weighted by molar-refractivity contribution is 5.83. The second-order valence-corrected chi connectivity index (χ2v) is 7.16. The monoisotopic (exact) mass is 402 g/mol. The first-order chi connectivity index (χ1) is 14.8. The van der Waals surface area contributed by atoms with E-state index in [1.807, 2.05) is 60.7 Å². The second kappa shape index (κ2) is 9.96. The molecule has 0 aliphatic carbocycles. The minimum absolute atomic E-state index is 0.235. The minimum atomic E-state index is -0.576. The van der Waals surface area contributed by atoms with Crippen molar-refractivity contribution in [2.45, 2.75) is 12.5 Å². The van der Waals surface area contributed by atoms with E-state index >= 15 is 0 Å². The number of hydrogen-bond acceptors (Lipinski definition) is 4. The zero-order valence-corrected chi connectivity index (χ0v) is 16.8. The average molecular weight is 402 g/mol. The quantitative estimate of drug-likeness (QED) is 0.341. The predicted molar refractivity (Wildman–Crippen MR) is 119 cm³/mol. The number of aliphatic hydroxyl groups is 1. The van der Waals surface area contributed by atoms with Gasteiger partial charge in [0.2, 0.25) is 0 Å². The van der Waals surface area contributed by atoms with Gasteiger partial charge in [0.25, 0.3) is 0 Å². The van der Waals surface area contributed by atoms with Crippen LogP contribution in [-0.4, -0.2) is 35.9 Å². The fourth-order valence-corrected chi connectivity index (χ4v) is 3.31. The number of rotatable bonds is 10. The van der Waals surface area contributed by atoms with Gasteiger partial charge in [0.1, 0.15) is 30.0 Å². The maximum absolute atomic E-state index is 10.2. The molecule has 154 valence electrons. The Morgan fingerprint density at radius 3 is 2.37 bits per heavy atom. The van der Waals surface area contributed by atoms with Crippen molar-refractivity contribution in [3.05, 3.63) is 90.6 Å². The van der Waals surface area contributed by atoms with Crippen LogP contribution in [0.25, 0.3) is 10.9 Å². The number of benzene rings is 3. The van der Waals surface area contributed by atoms with Crippen LogP contribution in [0.5, 0.6) is 17.2 Å². The third-order valence-corrected chi connectivity index (χ3v) is 4.87. The summed E-state index contributed by atoms with van der Waals surface area (Å²) in [7, 11) is 0. The summed E-state index contributed by atoms with van der Waals surface area (Å²) in [5.74, 6) is 2.24. The molecule has 0 aliphatic rings.